The zero-order chi connectivity index (χ0) is 8.57. The molecule has 2 unspecified atom stereocenters. The second kappa shape index (κ2) is 10.2. The van der Waals surface area contributed by atoms with Crippen molar-refractivity contribution < 1.29 is 22.6 Å². The summed E-state index contributed by atoms with van der Waals surface area (Å²) in [6.07, 6.45) is 0. The molecular formula is C2H7NaO5S2. The van der Waals surface area contributed by atoms with Crippen LogP contribution in [0.1, 0.15) is 0 Å². The zero-order valence-electron chi connectivity index (χ0n) is 5.39. The number of hydrogen-bond donors (Lipinski definition) is 3. The van der Waals surface area contributed by atoms with E-state index in [1.165, 1.54) is 0 Å². The van der Waals surface area contributed by atoms with Crippen LogP contribution in [0.5, 0.6) is 0 Å². The molecule has 0 radical (unpaired) electrons. The molecule has 0 aliphatic carbocycles. The number of aliphatic hydroxyl groups excluding tert-OH is 1. The van der Waals surface area contributed by atoms with Gasteiger partial charge in [-0.1, -0.05) is 0 Å². The van der Waals surface area contributed by atoms with Crippen LogP contribution in [0.25, 0.3) is 0 Å². The second-order valence-electron chi connectivity index (χ2n) is 1.16. The fourth-order valence-electron chi connectivity index (χ4n) is 0. The molecule has 58 valence electrons. The summed E-state index contributed by atoms with van der Waals surface area (Å²) in [6, 6.07) is 0. The van der Waals surface area contributed by atoms with Crippen molar-refractivity contribution in [3.05, 3.63) is 0 Å². The summed E-state index contributed by atoms with van der Waals surface area (Å²) in [7, 11) is -5.18. The van der Waals surface area contributed by atoms with E-state index in [4.69, 9.17) is 14.2 Å². The van der Waals surface area contributed by atoms with Gasteiger partial charge in [-0.15, -0.1) is 0 Å². The van der Waals surface area contributed by atoms with Gasteiger partial charge in [0, 0.05) is 0 Å². The number of rotatable bonds is 2. The van der Waals surface area contributed by atoms with Gasteiger partial charge in [0.15, 0.2) is 0 Å². The van der Waals surface area contributed by atoms with E-state index in [1.54, 1.807) is 0 Å². The van der Waals surface area contributed by atoms with Crippen LogP contribution >= 0.6 is 0 Å². The zero-order valence-corrected chi connectivity index (χ0v) is 9.02. The van der Waals surface area contributed by atoms with Crippen molar-refractivity contribution in [2.45, 2.75) is 3.67 Å². The Kier molecular flexibility index (Phi) is 14.0. The molecule has 0 bridgehead atoms. The van der Waals surface area contributed by atoms with Gasteiger partial charge in [-0.2, -0.15) is 0 Å². The first-order valence-electron chi connectivity index (χ1n) is 2.39. The molecule has 3 N–H and O–H groups in total. The van der Waals surface area contributed by atoms with Gasteiger partial charge in [-0.25, -0.2) is 8.42 Å². The van der Waals surface area contributed by atoms with Crippen molar-refractivity contribution in [3.8, 4) is 0 Å². The first-order chi connectivity index (χ1) is 4.56. The Balaban J connectivity index is 0. The SMILES string of the molecule is O=S(O)S(=O)O.OC[CH2][Na]. The summed E-state index contributed by atoms with van der Waals surface area (Å²) in [5.41, 5.74) is 0. The Labute approximate surface area is 80.6 Å². The quantitative estimate of drug-likeness (QED) is 0.298. The third-order valence-corrected chi connectivity index (χ3v) is 1.77. The van der Waals surface area contributed by atoms with Crippen LogP contribution in [0.2, 0.25) is 3.67 Å². The van der Waals surface area contributed by atoms with Gasteiger partial charge in [0.25, 0.3) is 20.2 Å². The maximum absolute atomic E-state index is 9.26. The molecule has 0 aromatic rings. The van der Waals surface area contributed by atoms with Crippen molar-refractivity contribution in [1.82, 2.24) is 0 Å². The molecule has 0 spiro atoms. The molecule has 0 aromatic heterocycles. The normalized spacial score (nSPS) is 14.9. The van der Waals surface area contributed by atoms with Gasteiger partial charge in [0.05, 0.1) is 0 Å². The fourth-order valence-corrected chi connectivity index (χ4v) is 0. The van der Waals surface area contributed by atoms with Crippen LogP contribution in [0.3, 0.4) is 0 Å². The molecule has 10 heavy (non-hydrogen) atoms. The minimum atomic E-state index is -2.59. The Morgan fingerprint density at radius 1 is 1.20 bits per heavy atom. The van der Waals surface area contributed by atoms with Crippen molar-refractivity contribution in [2.75, 3.05) is 6.61 Å². The van der Waals surface area contributed by atoms with Crippen molar-refractivity contribution in [2.24, 2.45) is 0 Å². The van der Waals surface area contributed by atoms with Crippen molar-refractivity contribution in [1.29, 1.82) is 0 Å². The molecule has 0 amide bonds. The molecule has 8 heteroatoms. The topological polar surface area (TPSA) is 94.8 Å². The van der Waals surface area contributed by atoms with E-state index in [1.807, 2.05) is 0 Å². The summed E-state index contributed by atoms with van der Waals surface area (Å²) in [6.45, 7) is 0.381. The molecule has 0 aliphatic rings. The van der Waals surface area contributed by atoms with Gasteiger partial charge in [-0.05, 0) is 0 Å². The molecular weight excluding hydrogens is 191 g/mol. The second-order valence-corrected chi connectivity index (χ2v) is 4.74. The third kappa shape index (κ3) is 16.1. The first kappa shape index (κ1) is 13.7. The summed E-state index contributed by atoms with van der Waals surface area (Å²) < 4.78 is 34.6. The van der Waals surface area contributed by atoms with Crippen LogP contribution in [0, 0.1) is 0 Å². The summed E-state index contributed by atoms with van der Waals surface area (Å²) in [5, 5.41) is 7.91. The number of hydrogen-bond acceptors (Lipinski definition) is 3. The van der Waals surface area contributed by atoms with E-state index in [-0.39, 0.29) is 0 Å². The van der Waals surface area contributed by atoms with Crippen LogP contribution in [-0.4, -0.2) is 57.2 Å². The monoisotopic (exact) mass is 198 g/mol. The molecule has 0 aliphatic heterocycles. The molecule has 0 rings (SSSR count). The van der Waals surface area contributed by atoms with E-state index < -0.39 is 20.2 Å². The first-order valence-corrected chi connectivity index (χ1v) is 6.53. The average molecular weight is 198 g/mol. The fraction of sp³-hybridized carbons (Fsp3) is 1.00. The molecule has 5 nitrogen and oxygen atoms in total. The Bertz CT molecular complexity index is 102. The van der Waals surface area contributed by atoms with Gasteiger partial charge in [0.1, 0.15) is 0 Å². The van der Waals surface area contributed by atoms with Crippen LogP contribution in [0.4, 0.5) is 0 Å². The Hall–Kier alpha value is 1.18. The van der Waals surface area contributed by atoms with Gasteiger partial charge in [-0.3, -0.25) is 9.11 Å². The Morgan fingerprint density at radius 2 is 1.40 bits per heavy atom. The van der Waals surface area contributed by atoms with Crippen LogP contribution < -0.4 is 0 Å². The molecule has 0 saturated heterocycles. The van der Waals surface area contributed by atoms with Gasteiger partial charge < -0.3 is 0 Å². The number of aliphatic hydroxyl groups is 1. The average Bonchev–Trinajstić information content (AvgIpc) is 1.89. The molecule has 0 aromatic carbocycles. The van der Waals surface area contributed by atoms with Gasteiger partial charge >= 0.3 is 43.3 Å². The van der Waals surface area contributed by atoms with E-state index in [2.05, 4.69) is 0 Å². The van der Waals surface area contributed by atoms with E-state index >= 15 is 0 Å². The standard InChI is InChI=1S/C2H5O.Na.H2O4S2/c1-2-3;;1-5(2)6(3)4/h3H,1-2H2;;(H,1,2)(H,3,4). The summed E-state index contributed by atoms with van der Waals surface area (Å²) >= 11 is 1.14. The summed E-state index contributed by atoms with van der Waals surface area (Å²) in [5.74, 6) is 0. The maximum atomic E-state index is 9.26. The molecule has 0 fully saturated rings. The summed E-state index contributed by atoms with van der Waals surface area (Å²) in [4.78, 5) is 0. The molecule has 0 heterocycles. The van der Waals surface area contributed by atoms with Crippen LogP contribution in [0.15, 0.2) is 0 Å². The molecule has 2 atom stereocenters. The molecule has 0 saturated carbocycles. The van der Waals surface area contributed by atoms with Crippen molar-refractivity contribution in [3.63, 3.8) is 0 Å². The predicted octanol–water partition coefficient (Wildman–Crippen LogP) is -1.09. The van der Waals surface area contributed by atoms with Crippen LogP contribution in [-0.2, 0) is 20.2 Å². The van der Waals surface area contributed by atoms with E-state index in [0.717, 1.165) is 31.6 Å². The third-order valence-electron chi connectivity index (χ3n) is 0.346. The predicted molar refractivity (Wildman–Crippen MR) is 39.2 cm³/mol. The van der Waals surface area contributed by atoms with E-state index in [0.29, 0.717) is 6.61 Å². The Morgan fingerprint density at radius 3 is 1.40 bits per heavy atom. The van der Waals surface area contributed by atoms with E-state index in [9.17, 15) is 8.42 Å². The van der Waals surface area contributed by atoms with Crippen molar-refractivity contribution >= 4 is 48.2 Å². The van der Waals surface area contributed by atoms with Gasteiger partial charge in [0.2, 0.25) is 0 Å². The minimum absolute atomic E-state index is 0.381.